The molecule has 8 heteroatoms. The Kier molecular flexibility index (Phi) is 6.28. The van der Waals surface area contributed by atoms with Crippen LogP contribution in [0.1, 0.15) is 36.5 Å². The summed E-state index contributed by atoms with van der Waals surface area (Å²) in [6, 6.07) is 12.9. The number of nitrogens with one attached hydrogen (secondary N) is 1. The van der Waals surface area contributed by atoms with Gasteiger partial charge in [0, 0.05) is 0 Å². The van der Waals surface area contributed by atoms with Gasteiger partial charge in [-0.3, -0.25) is 19.3 Å². The zero-order valence-corrected chi connectivity index (χ0v) is 18.3. The topological polar surface area (TPSA) is 92.8 Å². The Hall–Kier alpha value is -3.19. The van der Waals surface area contributed by atoms with E-state index < -0.39 is 18.5 Å². The Labute approximate surface area is 190 Å². The average molecular weight is 455 g/mol. The number of carbonyl (C=O) groups is 4. The molecule has 7 nitrogen and oxygen atoms in total. The van der Waals surface area contributed by atoms with Crippen LogP contribution in [0.4, 0.5) is 11.4 Å². The molecule has 3 amide bonds. The van der Waals surface area contributed by atoms with Crippen molar-refractivity contribution in [1.82, 2.24) is 0 Å². The average Bonchev–Trinajstić information content (AvgIpc) is 3.03. The van der Waals surface area contributed by atoms with Crippen molar-refractivity contribution in [2.24, 2.45) is 17.8 Å². The number of esters is 1. The van der Waals surface area contributed by atoms with Gasteiger partial charge in [-0.05, 0) is 55.5 Å². The van der Waals surface area contributed by atoms with E-state index in [9.17, 15) is 19.2 Å². The van der Waals surface area contributed by atoms with Gasteiger partial charge in [-0.25, -0.2) is 4.79 Å². The van der Waals surface area contributed by atoms with Crippen LogP contribution in [0, 0.1) is 17.8 Å². The lowest BCUT2D eigenvalue weighted by atomic mass is 9.76. The first kappa shape index (κ1) is 22.0. The summed E-state index contributed by atoms with van der Waals surface area (Å²) in [6.07, 6.45) is 2.33. The predicted molar refractivity (Wildman–Crippen MR) is 119 cm³/mol. The van der Waals surface area contributed by atoms with E-state index in [1.165, 1.54) is 17.0 Å². The molecule has 2 aromatic carbocycles. The third kappa shape index (κ3) is 4.39. The van der Waals surface area contributed by atoms with Crippen LogP contribution in [-0.4, -0.2) is 30.3 Å². The van der Waals surface area contributed by atoms with Crippen molar-refractivity contribution in [3.8, 4) is 0 Å². The fourth-order valence-electron chi connectivity index (χ4n) is 4.38. The molecular formula is C24H23ClN2O5. The van der Waals surface area contributed by atoms with Crippen molar-refractivity contribution < 1.29 is 23.9 Å². The number of para-hydroxylation sites is 1. The number of nitrogens with zero attached hydrogens (tertiary/aromatic N) is 1. The molecule has 166 valence electrons. The number of halogens is 1. The molecule has 3 atom stereocenters. The predicted octanol–water partition coefficient (Wildman–Crippen LogP) is 4.06. The smallest absolute Gasteiger partial charge is 0.338 e. The van der Waals surface area contributed by atoms with Gasteiger partial charge >= 0.3 is 5.97 Å². The summed E-state index contributed by atoms with van der Waals surface area (Å²) < 4.78 is 5.10. The maximum Gasteiger partial charge on any atom is 0.338 e. The van der Waals surface area contributed by atoms with Gasteiger partial charge in [0.25, 0.3) is 5.91 Å². The van der Waals surface area contributed by atoms with Crippen molar-refractivity contribution in [1.29, 1.82) is 0 Å². The van der Waals surface area contributed by atoms with E-state index in [0.717, 1.165) is 6.42 Å². The summed E-state index contributed by atoms with van der Waals surface area (Å²) in [4.78, 5) is 51.6. The van der Waals surface area contributed by atoms with Crippen molar-refractivity contribution in [2.75, 3.05) is 16.8 Å². The lowest BCUT2D eigenvalue weighted by molar-refractivity contribution is -0.122. The number of carbonyl (C=O) groups excluding carboxylic acids is 4. The second-order valence-electron chi connectivity index (χ2n) is 8.30. The second-order valence-corrected chi connectivity index (χ2v) is 8.70. The lowest BCUT2D eigenvalue weighted by Gasteiger charge is -2.25. The van der Waals surface area contributed by atoms with Crippen molar-refractivity contribution in [3.05, 3.63) is 59.1 Å². The van der Waals surface area contributed by atoms with E-state index in [1.54, 1.807) is 36.4 Å². The van der Waals surface area contributed by atoms with E-state index in [-0.39, 0.29) is 29.2 Å². The first-order chi connectivity index (χ1) is 15.3. The van der Waals surface area contributed by atoms with Gasteiger partial charge in [0.15, 0.2) is 6.61 Å². The minimum atomic E-state index is -0.730. The Morgan fingerprint density at radius 3 is 2.59 bits per heavy atom. The number of anilines is 2. The maximum absolute atomic E-state index is 12.9. The zero-order valence-electron chi connectivity index (χ0n) is 17.5. The molecule has 2 aromatic rings. The number of benzene rings is 2. The molecule has 32 heavy (non-hydrogen) atoms. The molecular weight excluding hydrogens is 432 g/mol. The Morgan fingerprint density at radius 2 is 1.81 bits per heavy atom. The molecule has 1 heterocycles. The second kappa shape index (κ2) is 9.12. The summed E-state index contributed by atoms with van der Waals surface area (Å²) in [7, 11) is 0. The molecule has 0 unspecified atom stereocenters. The molecule has 0 radical (unpaired) electrons. The van der Waals surface area contributed by atoms with Crippen LogP contribution in [0.2, 0.25) is 5.02 Å². The molecule has 4 rings (SSSR count). The summed E-state index contributed by atoms with van der Waals surface area (Å²) in [5.74, 6) is -1.87. The molecule has 2 fully saturated rings. The molecule has 0 bridgehead atoms. The number of hydrogen-bond acceptors (Lipinski definition) is 5. The van der Waals surface area contributed by atoms with Crippen molar-refractivity contribution in [3.63, 3.8) is 0 Å². The zero-order chi connectivity index (χ0) is 22.8. The minimum Gasteiger partial charge on any atom is -0.452 e. The SMILES string of the molecule is C[C@@H]1CC[C@H]2C(=O)N(c3cccc(C(=O)OCC(=O)Nc4ccccc4Cl)c3)C(=O)[C@@H]2C1. The van der Waals surface area contributed by atoms with E-state index in [0.29, 0.717) is 35.2 Å². The van der Waals surface area contributed by atoms with Crippen molar-refractivity contribution >= 4 is 46.7 Å². The summed E-state index contributed by atoms with van der Waals surface area (Å²) >= 11 is 6.00. The highest BCUT2D eigenvalue weighted by atomic mass is 35.5. The van der Waals surface area contributed by atoms with Gasteiger partial charge in [-0.15, -0.1) is 0 Å². The van der Waals surface area contributed by atoms with Gasteiger partial charge in [0.1, 0.15) is 0 Å². The monoisotopic (exact) mass is 454 g/mol. The summed E-state index contributed by atoms with van der Waals surface area (Å²) in [5.41, 5.74) is 0.910. The van der Waals surface area contributed by atoms with Gasteiger partial charge < -0.3 is 10.1 Å². The van der Waals surface area contributed by atoms with Crippen LogP contribution in [0.15, 0.2) is 48.5 Å². The number of ether oxygens (including phenoxy) is 1. The first-order valence-electron chi connectivity index (χ1n) is 10.5. The molecule has 1 aliphatic carbocycles. The Balaban J connectivity index is 1.42. The summed E-state index contributed by atoms with van der Waals surface area (Å²) in [5, 5.41) is 2.94. The molecule has 0 aromatic heterocycles. The molecule has 0 spiro atoms. The van der Waals surface area contributed by atoms with E-state index >= 15 is 0 Å². The Bertz CT molecular complexity index is 1090. The summed E-state index contributed by atoms with van der Waals surface area (Å²) in [6.45, 7) is 1.59. The van der Waals surface area contributed by atoms with Gasteiger partial charge in [-0.1, -0.05) is 36.7 Å². The van der Waals surface area contributed by atoms with Crippen LogP contribution < -0.4 is 10.2 Å². The van der Waals surface area contributed by atoms with Crippen LogP contribution in [0.3, 0.4) is 0 Å². The molecule has 1 aliphatic heterocycles. The fraction of sp³-hybridized carbons (Fsp3) is 0.333. The highest BCUT2D eigenvalue weighted by Gasteiger charge is 2.50. The Morgan fingerprint density at radius 1 is 1.06 bits per heavy atom. The van der Waals surface area contributed by atoms with Crippen molar-refractivity contribution in [2.45, 2.75) is 26.2 Å². The van der Waals surface area contributed by atoms with Gasteiger partial charge in [0.05, 0.1) is 33.8 Å². The first-order valence-corrected chi connectivity index (χ1v) is 10.9. The van der Waals surface area contributed by atoms with Gasteiger partial charge in [0.2, 0.25) is 11.8 Å². The molecule has 1 saturated carbocycles. The molecule has 1 N–H and O–H groups in total. The third-order valence-electron chi connectivity index (χ3n) is 6.01. The normalized spacial score (nSPS) is 22.4. The maximum atomic E-state index is 12.9. The van der Waals surface area contributed by atoms with Crippen LogP contribution in [0.5, 0.6) is 0 Å². The number of amides is 3. The number of rotatable bonds is 5. The number of imide groups is 1. The third-order valence-corrected chi connectivity index (χ3v) is 6.34. The largest absolute Gasteiger partial charge is 0.452 e. The molecule has 2 aliphatic rings. The van der Waals surface area contributed by atoms with Gasteiger partial charge in [-0.2, -0.15) is 0 Å². The van der Waals surface area contributed by atoms with E-state index in [1.807, 2.05) is 0 Å². The fourth-order valence-corrected chi connectivity index (χ4v) is 4.56. The minimum absolute atomic E-state index is 0.150. The van der Waals surface area contributed by atoms with E-state index in [2.05, 4.69) is 12.2 Å². The van der Waals surface area contributed by atoms with Crippen LogP contribution in [0.25, 0.3) is 0 Å². The number of fused-ring (bicyclic) bond motifs is 1. The number of hydrogen-bond donors (Lipinski definition) is 1. The van der Waals surface area contributed by atoms with E-state index in [4.69, 9.17) is 16.3 Å². The standard InChI is InChI=1S/C24H23ClN2O5/c1-14-9-10-17-18(11-14)23(30)27(22(17)29)16-6-4-5-15(12-16)24(31)32-13-21(28)26-20-8-3-2-7-19(20)25/h2-8,12,14,17-18H,9-11,13H2,1H3,(H,26,28)/t14-,17-,18-/m1/s1. The highest BCUT2D eigenvalue weighted by Crippen LogP contribution is 2.42. The highest BCUT2D eigenvalue weighted by molar-refractivity contribution is 6.33. The quantitative estimate of drug-likeness (QED) is 0.543. The van der Waals surface area contributed by atoms with Crippen LogP contribution in [-0.2, 0) is 19.1 Å². The molecule has 1 saturated heterocycles. The van der Waals surface area contributed by atoms with Crippen LogP contribution >= 0.6 is 11.6 Å². The lowest BCUT2D eigenvalue weighted by Crippen LogP contribution is -2.31.